The molecule has 2 aromatic heterocycles. The largest absolute Gasteiger partial charge is 0.342 e. The first kappa shape index (κ1) is 18.9. The fourth-order valence-electron chi connectivity index (χ4n) is 3.97. The molecular formula is C21H23N5O3. The Kier molecular flexibility index (Phi) is 5.16. The maximum atomic E-state index is 12.7. The fraction of sp³-hybridized carbons (Fsp3) is 0.333. The van der Waals surface area contributed by atoms with Crippen LogP contribution in [-0.2, 0) is 11.2 Å². The van der Waals surface area contributed by atoms with Crippen molar-refractivity contribution in [3.05, 3.63) is 74.3 Å². The van der Waals surface area contributed by atoms with Gasteiger partial charge in [0.1, 0.15) is 0 Å². The summed E-state index contributed by atoms with van der Waals surface area (Å²) in [7, 11) is 0. The molecule has 0 unspecified atom stereocenters. The minimum atomic E-state index is -0.557. The topological polar surface area (TPSA) is 115 Å². The standard InChI is InChI=1S/C21H23N5O3/c1-13-16(20(28)24-21(29)23-13)11-18(27)26-9-7-15(8-10-26)19-17(12-22-25-19)14-5-3-2-4-6-14/h2-6,12,15H,7-11H2,1H3,(H,22,25)(H2,23,24,28,29). The third-order valence-corrected chi connectivity index (χ3v) is 5.59. The highest BCUT2D eigenvalue weighted by Crippen LogP contribution is 2.33. The van der Waals surface area contributed by atoms with Crippen LogP contribution in [0.3, 0.4) is 0 Å². The van der Waals surface area contributed by atoms with E-state index in [0.29, 0.717) is 30.3 Å². The first-order valence-corrected chi connectivity index (χ1v) is 9.71. The molecule has 3 aromatic rings. The Morgan fingerprint density at radius 1 is 1.14 bits per heavy atom. The van der Waals surface area contributed by atoms with Gasteiger partial charge in [0, 0.05) is 41.5 Å². The highest BCUT2D eigenvalue weighted by molar-refractivity contribution is 5.79. The second-order valence-electron chi connectivity index (χ2n) is 7.41. The Balaban J connectivity index is 1.43. The number of rotatable bonds is 4. The van der Waals surface area contributed by atoms with Crippen LogP contribution in [0.4, 0.5) is 0 Å². The Bertz CT molecular complexity index is 1120. The number of amides is 1. The first-order valence-electron chi connectivity index (χ1n) is 9.71. The number of carbonyl (C=O) groups is 1. The number of aromatic nitrogens is 4. The second-order valence-corrected chi connectivity index (χ2v) is 7.41. The zero-order valence-corrected chi connectivity index (χ0v) is 16.2. The lowest BCUT2D eigenvalue weighted by molar-refractivity contribution is -0.131. The van der Waals surface area contributed by atoms with Gasteiger partial charge < -0.3 is 9.88 Å². The number of hydrogen-bond donors (Lipinski definition) is 3. The number of aromatic amines is 3. The van der Waals surface area contributed by atoms with Crippen molar-refractivity contribution in [2.45, 2.75) is 32.1 Å². The van der Waals surface area contributed by atoms with Crippen LogP contribution in [-0.4, -0.2) is 44.1 Å². The SMILES string of the molecule is Cc1[nH]c(=O)[nH]c(=O)c1CC(=O)N1CCC(c2[nH]ncc2-c2ccccc2)CC1. The van der Waals surface area contributed by atoms with Crippen molar-refractivity contribution in [2.24, 2.45) is 0 Å². The molecule has 1 aromatic carbocycles. The van der Waals surface area contributed by atoms with Crippen LogP contribution in [0.2, 0.25) is 0 Å². The van der Waals surface area contributed by atoms with Crippen molar-refractivity contribution >= 4 is 5.91 Å². The molecule has 150 valence electrons. The molecule has 0 atom stereocenters. The molecule has 1 fully saturated rings. The predicted molar refractivity (Wildman–Crippen MR) is 109 cm³/mol. The van der Waals surface area contributed by atoms with Crippen molar-refractivity contribution in [3.8, 4) is 11.1 Å². The lowest BCUT2D eigenvalue weighted by atomic mass is 9.89. The van der Waals surface area contributed by atoms with Gasteiger partial charge in [0.25, 0.3) is 5.56 Å². The molecule has 8 heteroatoms. The Hall–Kier alpha value is -3.42. The second kappa shape index (κ2) is 7.90. The van der Waals surface area contributed by atoms with Gasteiger partial charge in [-0.05, 0) is 25.3 Å². The third-order valence-electron chi connectivity index (χ3n) is 5.59. The van der Waals surface area contributed by atoms with Gasteiger partial charge in [0.2, 0.25) is 5.91 Å². The van der Waals surface area contributed by atoms with E-state index >= 15 is 0 Å². The summed E-state index contributed by atoms with van der Waals surface area (Å²) < 4.78 is 0. The van der Waals surface area contributed by atoms with E-state index in [1.165, 1.54) is 0 Å². The molecule has 1 saturated heterocycles. The summed E-state index contributed by atoms with van der Waals surface area (Å²) in [6, 6.07) is 10.1. The van der Waals surface area contributed by atoms with Crippen molar-refractivity contribution in [1.29, 1.82) is 0 Å². The molecule has 29 heavy (non-hydrogen) atoms. The molecule has 1 aliphatic rings. The number of likely N-dealkylation sites (tertiary alicyclic amines) is 1. The summed E-state index contributed by atoms with van der Waals surface area (Å²) in [6.07, 6.45) is 3.50. The smallest absolute Gasteiger partial charge is 0.325 e. The van der Waals surface area contributed by atoms with Gasteiger partial charge >= 0.3 is 5.69 Å². The highest BCUT2D eigenvalue weighted by atomic mass is 16.2. The Labute approximate surface area is 167 Å². The van der Waals surface area contributed by atoms with E-state index in [-0.39, 0.29) is 12.3 Å². The molecule has 8 nitrogen and oxygen atoms in total. The van der Waals surface area contributed by atoms with Gasteiger partial charge in [-0.15, -0.1) is 0 Å². The average Bonchev–Trinajstić information content (AvgIpc) is 3.21. The number of piperidine rings is 1. The number of nitrogens with one attached hydrogen (secondary N) is 3. The summed E-state index contributed by atoms with van der Waals surface area (Å²) in [5.41, 5.74) is 3.03. The van der Waals surface area contributed by atoms with Crippen LogP contribution in [0.1, 0.15) is 35.7 Å². The van der Waals surface area contributed by atoms with Crippen LogP contribution in [0.25, 0.3) is 11.1 Å². The molecule has 3 N–H and O–H groups in total. The normalized spacial score (nSPS) is 14.9. The molecule has 1 aliphatic heterocycles. The highest BCUT2D eigenvalue weighted by Gasteiger charge is 2.27. The van der Waals surface area contributed by atoms with Crippen LogP contribution < -0.4 is 11.2 Å². The van der Waals surface area contributed by atoms with Crippen LogP contribution in [0.15, 0.2) is 46.1 Å². The molecule has 4 rings (SSSR count). The molecular weight excluding hydrogens is 370 g/mol. The summed E-state index contributed by atoms with van der Waals surface area (Å²) in [5, 5.41) is 7.38. The minimum absolute atomic E-state index is 0.0120. The van der Waals surface area contributed by atoms with Crippen molar-refractivity contribution in [2.75, 3.05) is 13.1 Å². The van der Waals surface area contributed by atoms with Crippen LogP contribution in [0, 0.1) is 6.92 Å². The van der Waals surface area contributed by atoms with Gasteiger partial charge in [-0.2, -0.15) is 5.10 Å². The van der Waals surface area contributed by atoms with Gasteiger partial charge in [0.15, 0.2) is 0 Å². The molecule has 1 amide bonds. The maximum Gasteiger partial charge on any atom is 0.325 e. The number of H-pyrrole nitrogens is 3. The number of nitrogens with zero attached hydrogens (tertiary/aromatic N) is 2. The van der Waals surface area contributed by atoms with Gasteiger partial charge in [-0.3, -0.25) is 19.7 Å². The summed E-state index contributed by atoms with van der Waals surface area (Å²) in [5.74, 6) is 0.201. The fourth-order valence-corrected chi connectivity index (χ4v) is 3.97. The summed E-state index contributed by atoms with van der Waals surface area (Å²) in [4.78, 5) is 42.5. The van der Waals surface area contributed by atoms with E-state index in [2.05, 4.69) is 32.3 Å². The van der Waals surface area contributed by atoms with Crippen molar-refractivity contribution < 1.29 is 4.79 Å². The zero-order chi connectivity index (χ0) is 20.4. The van der Waals surface area contributed by atoms with E-state index in [4.69, 9.17) is 0 Å². The maximum absolute atomic E-state index is 12.7. The van der Waals surface area contributed by atoms with E-state index in [9.17, 15) is 14.4 Å². The molecule has 0 saturated carbocycles. The van der Waals surface area contributed by atoms with E-state index in [1.807, 2.05) is 24.4 Å². The number of carbonyl (C=O) groups excluding carboxylic acids is 1. The summed E-state index contributed by atoms with van der Waals surface area (Å²) in [6.45, 7) is 2.88. The first-order chi connectivity index (χ1) is 14.0. The molecule has 0 radical (unpaired) electrons. The minimum Gasteiger partial charge on any atom is -0.342 e. The third kappa shape index (κ3) is 3.91. The van der Waals surface area contributed by atoms with Crippen molar-refractivity contribution in [3.63, 3.8) is 0 Å². The number of hydrogen-bond acceptors (Lipinski definition) is 4. The number of aryl methyl sites for hydroxylation is 1. The van der Waals surface area contributed by atoms with Crippen LogP contribution >= 0.6 is 0 Å². The van der Waals surface area contributed by atoms with E-state index in [0.717, 1.165) is 29.7 Å². The lowest BCUT2D eigenvalue weighted by Crippen LogP contribution is -2.40. The van der Waals surface area contributed by atoms with Gasteiger partial charge in [-0.1, -0.05) is 30.3 Å². The number of benzene rings is 1. The molecule has 0 aliphatic carbocycles. The lowest BCUT2D eigenvalue weighted by Gasteiger charge is -2.32. The van der Waals surface area contributed by atoms with Gasteiger partial charge in [-0.25, -0.2) is 4.79 Å². The molecule has 0 bridgehead atoms. The van der Waals surface area contributed by atoms with Gasteiger partial charge in [0.05, 0.1) is 12.6 Å². The van der Waals surface area contributed by atoms with E-state index < -0.39 is 11.2 Å². The predicted octanol–water partition coefficient (Wildman–Crippen LogP) is 1.71. The molecule has 0 spiro atoms. The Morgan fingerprint density at radius 3 is 2.55 bits per heavy atom. The quantitative estimate of drug-likeness (QED) is 0.626. The monoisotopic (exact) mass is 393 g/mol. The van der Waals surface area contributed by atoms with Crippen molar-refractivity contribution in [1.82, 2.24) is 25.1 Å². The van der Waals surface area contributed by atoms with E-state index in [1.54, 1.807) is 11.8 Å². The average molecular weight is 393 g/mol. The molecule has 3 heterocycles. The Morgan fingerprint density at radius 2 is 1.86 bits per heavy atom. The zero-order valence-electron chi connectivity index (χ0n) is 16.2. The van der Waals surface area contributed by atoms with Crippen LogP contribution in [0.5, 0.6) is 0 Å². The summed E-state index contributed by atoms with van der Waals surface area (Å²) >= 11 is 0.